The van der Waals surface area contributed by atoms with Crippen LogP contribution < -0.4 is 10.2 Å². The van der Waals surface area contributed by atoms with Crippen molar-refractivity contribution in [3.05, 3.63) is 101 Å². The van der Waals surface area contributed by atoms with Crippen molar-refractivity contribution in [3.8, 4) is 17.1 Å². The van der Waals surface area contributed by atoms with Crippen molar-refractivity contribution in [3.63, 3.8) is 0 Å². The molecule has 0 aliphatic carbocycles. The van der Waals surface area contributed by atoms with Crippen LogP contribution in [0.1, 0.15) is 29.1 Å². The van der Waals surface area contributed by atoms with E-state index in [4.69, 9.17) is 28.2 Å². The van der Waals surface area contributed by atoms with Crippen LogP contribution in [-0.2, 0) is 0 Å². The SMILES string of the molecule is Cc1c(Cl)cccc1-c1ccc([C@@H]2[C@H](c3ccccn3)NC(=S)N2c2ccccc2O)o1. The van der Waals surface area contributed by atoms with E-state index in [2.05, 4.69) is 10.3 Å². The largest absolute Gasteiger partial charge is 0.506 e. The van der Waals surface area contributed by atoms with E-state index in [1.807, 2.05) is 72.5 Å². The summed E-state index contributed by atoms with van der Waals surface area (Å²) in [4.78, 5) is 6.43. The molecule has 2 atom stereocenters. The van der Waals surface area contributed by atoms with Gasteiger partial charge in [0, 0.05) is 16.8 Å². The zero-order valence-electron chi connectivity index (χ0n) is 17.2. The average Bonchev–Trinajstić information content (AvgIpc) is 3.41. The number of hydrogen-bond donors (Lipinski definition) is 2. The zero-order chi connectivity index (χ0) is 22.2. The molecule has 32 heavy (non-hydrogen) atoms. The molecule has 2 aromatic heterocycles. The number of aromatic hydroxyl groups is 1. The van der Waals surface area contributed by atoms with Crippen LogP contribution in [0.15, 0.2) is 83.4 Å². The summed E-state index contributed by atoms with van der Waals surface area (Å²) in [6, 6.07) is 21.9. The Morgan fingerprint density at radius 1 is 1.03 bits per heavy atom. The molecule has 5 nitrogen and oxygen atoms in total. The summed E-state index contributed by atoms with van der Waals surface area (Å²) in [7, 11) is 0. The first-order valence-electron chi connectivity index (χ1n) is 10.2. The lowest BCUT2D eigenvalue weighted by Gasteiger charge is -2.26. The molecule has 160 valence electrons. The monoisotopic (exact) mass is 461 g/mol. The van der Waals surface area contributed by atoms with Gasteiger partial charge in [-0.25, -0.2) is 0 Å². The number of anilines is 1. The molecule has 1 fully saturated rings. The second-order valence-corrected chi connectivity index (χ2v) is 8.39. The molecular formula is C25H20ClN3O2S. The number of hydrogen-bond acceptors (Lipinski definition) is 4. The lowest BCUT2D eigenvalue weighted by Crippen LogP contribution is -2.29. The van der Waals surface area contributed by atoms with Gasteiger partial charge in [0.2, 0.25) is 0 Å². The van der Waals surface area contributed by atoms with Crippen LogP contribution >= 0.6 is 23.8 Å². The van der Waals surface area contributed by atoms with Gasteiger partial charge in [0.1, 0.15) is 23.3 Å². The Bertz CT molecular complexity index is 1290. The molecule has 2 aromatic carbocycles. The average molecular weight is 462 g/mol. The molecule has 0 amide bonds. The summed E-state index contributed by atoms with van der Waals surface area (Å²) >= 11 is 12.0. The van der Waals surface area contributed by atoms with Gasteiger partial charge >= 0.3 is 0 Å². The summed E-state index contributed by atoms with van der Waals surface area (Å²) in [5.74, 6) is 1.56. The molecule has 0 saturated carbocycles. The standard InChI is InChI=1S/C25H20ClN3O2S/c1-15-16(7-6-8-17(15)26)21-12-13-22(31-21)24-23(18-9-4-5-14-27-18)28-25(32)29(24)19-10-2-3-11-20(19)30/h2-14,23-24,30H,1H3,(H,28,32)/t23-,24+/m0/s1. The maximum atomic E-state index is 10.6. The highest BCUT2D eigenvalue weighted by atomic mass is 35.5. The molecule has 0 radical (unpaired) electrons. The minimum Gasteiger partial charge on any atom is -0.506 e. The number of para-hydroxylation sites is 2. The molecule has 2 N–H and O–H groups in total. The number of nitrogens with zero attached hydrogens (tertiary/aromatic N) is 2. The number of aromatic nitrogens is 1. The number of halogens is 1. The van der Waals surface area contributed by atoms with Gasteiger partial charge in [-0.3, -0.25) is 4.98 Å². The highest BCUT2D eigenvalue weighted by molar-refractivity contribution is 7.80. The molecule has 3 heterocycles. The number of thiocarbonyl (C=S) groups is 1. The minimum absolute atomic E-state index is 0.140. The number of benzene rings is 2. The van der Waals surface area contributed by atoms with Crippen LogP contribution in [0.5, 0.6) is 5.75 Å². The van der Waals surface area contributed by atoms with Gasteiger partial charge in [-0.05, 0) is 67.2 Å². The van der Waals surface area contributed by atoms with Gasteiger partial charge in [-0.2, -0.15) is 0 Å². The predicted octanol–water partition coefficient (Wildman–Crippen LogP) is 6.19. The predicted molar refractivity (Wildman–Crippen MR) is 130 cm³/mol. The summed E-state index contributed by atoms with van der Waals surface area (Å²) in [5.41, 5.74) is 3.31. The summed E-state index contributed by atoms with van der Waals surface area (Å²) in [5, 5.41) is 15.1. The van der Waals surface area contributed by atoms with Crippen molar-refractivity contribution < 1.29 is 9.52 Å². The lowest BCUT2D eigenvalue weighted by atomic mass is 10.0. The number of phenolic OH excluding ortho intramolecular Hbond substituents is 1. The molecule has 5 rings (SSSR count). The van der Waals surface area contributed by atoms with Crippen LogP contribution in [0, 0.1) is 6.92 Å². The molecule has 0 bridgehead atoms. The van der Waals surface area contributed by atoms with Gasteiger partial charge in [0.15, 0.2) is 5.11 Å². The Labute approximate surface area is 196 Å². The second-order valence-electron chi connectivity index (χ2n) is 7.60. The fourth-order valence-corrected chi connectivity index (χ4v) is 4.62. The lowest BCUT2D eigenvalue weighted by molar-refractivity contribution is 0.434. The third-order valence-corrected chi connectivity index (χ3v) is 6.41. The highest BCUT2D eigenvalue weighted by Crippen LogP contribution is 2.45. The second kappa shape index (κ2) is 8.30. The van der Waals surface area contributed by atoms with E-state index < -0.39 is 0 Å². The Morgan fingerprint density at radius 3 is 2.62 bits per heavy atom. The van der Waals surface area contributed by atoms with Crippen molar-refractivity contribution in [2.45, 2.75) is 19.0 Å². The van der Waals surface area contributed by atoms with Gasteiger partial charge < -0.3 is 19.7 Å². The topological polar surface area (TPSA) is 61.5 Å². The first-order valence-corrected chi connectivity index (χ1v) is 11.0. The van der Waals surface area contributed by atoms with Gasteiger partial charge in [0.05, 0.1) is 17.4 Å². The molecule has 0 spiro atoms. The van der Waals surface area contributed by atoms with Crippen LogP contribution in [0.25, 0.3) is 11.3 Å². The Hall–Kier alpha value is -3.35. The van der Waals surface area contributed by atoms with E-state index in [1.54, 1.807) is 18.3 Å². The van der Waals surface area contributed by atoms with Gasteiger partial charge in [-0.15, -0.1) is 0 Å². The number of rotatable bonds is 4. The summed E-state index contributed by atoms with van der Waals surface area (Å²) < 4.78 is 6.37. The number of phenols is 1. The van der Waals surface area contributed by atoms with E-state index in [9.17, 15) is 5.11 Å². The first kappa shape index (κ1) is 20.5. The van der Waals surface area contributed by atoms with Crippen LogP contribution in [0.2, 0.25) is 5.02 Å². The van der Waals surface area contributed by atoms with Crippen LogP contribution in [-0.4, -0.2) is 15.2 Å². The van der Waals surface area contributed by atoms with E-state index in [1.165, 1.54) is 0 Å². The Kier molecular flexibility index (Phi) is 5.33. The van der Waals surface area contributed by atoms with Crippen molar-refractivity contribution >= 4 is 34.6 Å². The third-order valence-electron chi connectivity index (χ3n) is 5.69. The highest BCUT2D eigenvalue weighted by Gasteiger charge is 2.43. The van der Waals surface area contributed by atoms with Crippen molar-refractivity contribution in [1.29, 1.82) is 0 Å². The first-order chi connectivity index (χ1) is 15.5. The van der Waals surface area contributed by atoms with E-state index >= 15 is 0 Å². The van der Waals surface area contributed by atoms with E-state index in [0.717, 1.165) is 22.6 Å². The zero-order valence-corrected chi connectivity index (χ0v) is 18.8. The quantitative estimate of drug-likeness (QED) is 0.353. The summed E-state index contributed by atoms with van der Waals surface area (Å²) in [6.07, 6.45) is 1.75. The molecule has 1 aliphatic rings. The molecule has 1 aliphatic heterocycles. The molecule has 4 aromatic rings. The van der Waals surface area contributed by atoms with Crippen molar-refractivity contribution in [2.75, 3.05) is 4.90 Å². The minimum atomic E-state index is -0.348. The van der Waals surface area contributed by atoms with E-state index in [0.29, 0.717) is 21.6 Å². The molecular weight excluding hydrogens is 442 g/mol. The Balaban J connectivity index is 1.63. The van der Waals surface area contributed by atoms with Crippen molar-refractivity contribution in [2.24, 2.45) is 0 Å². The molecule has 7 heteroatoms. The smallest absolute Gasteiger partial charge is 0.174 e. The van der Waals surface area contributed by atoms with Crippen molar-refractivity contribution in [1.82, 2.24) is 10.3 Å². The normalized spacial score (nSPS) is 18.1. The maximum absolute atomic E-state index is 10.6. The molecule has 0 unspecified atom stereocenters. The summed E-state index contributed by atoms with van der Waals surface area (Å²) in [6.45, 7) is 1.97. The van der Waals surface area contributed by atoms with E-state index in [-0.39, 0.29) is 17.8 Å². The number of pyridine rings is 1. The van der Waals surface area contributed by atoms with Crippen LogP contribution in [0.4, 0.5) is 5.69 Å². The van der Waals surface area contributed by atoms with Gasteiger partial charge in [-0.1, -0.05) is 41.9 Å². The molecule has 1 saturated heterocycles. The number of furan rings is 1. The number of nitrogens with one attached hydrogen (secondary N) is 1. The Morgan fingerprint density at radius 2 is 1.84 bits per heavy atom. The fourth-order valence-electron chi connectivity index (χ4n) is 4.10. The third kappa shape index (κ3) is 3.51. The fraction of sp³-hybridized carbons (Fsp3) is 0.120. The maximum Gasteiger partial charge on any atom is 0.174 e. The van der Waals surface area contributed by atoms with Gasteiger partial charge in [0.25, 0.3) is 0 Å². The van der Waals surface area contributed by atoms with Crippen LogP contribution in [0.3, 0.4) is 0 Å².